The third-order valence-electron chi connectivity index (χ3n) is 2.18. The zero-order valence-corrected chi connectivity index (χ0v) is 7.11. The molecule has 0 fully saturated rings. The Kier molecular flexibility index (Phi) is 1.37. The average molecular weight is 190 g/mol. The summed E-state index contributed by atoms with van der Waals surface area (Å²) in [5.41, 5.74) is 1.18. The first kappa shape index (κ1) is 7.52. The summed E-state index contributed by atoms with van der Waals surface area (Å²) in [6, 6.07) is 3.76. The summed E-state index contributed by atoms with van der Waals surface area (Å²) in [6.07, 6.45) is 1.51. The van der Waals surface area contributed by atoms with Crippen LogP contribution in [0, 0.1) is 0 Å². The first-order valence-electron chi connectivity index (χ1n) is 4.15. The highest BCUT2D eigenvalue weighted by Gasteiger charge is 2.17. The zero-order valence-electron chi connectivity index (χ0n) is 7.11. The van der Waals surface area contributed by atoms with E-state index in [2.05, 4.69) is 9.97 Å². The van der Waals surface area contributed by atoms with Crippen molar-refractivity contribution in [2.75, 3.05) is 0 Å². The molecule has 0 saturated heterocycles. The maximum atomic E-state index is 11.0. The molecule has 1 aliphatic heterocycles. The smallest absolute Gasteiger partial charge is 0.335 e. The zero-order chi connectivity index (χ0) is 9.54. The lowest BCUT2D eigenvalue weighted by molar-refractivity contribution is -0.193. The lowest BCUT2D eigenvalue weighted by Crippen LogP contribution is -2.08. The first-order chi connectivity index (χ1) is 6.84. The first-order valence-corrected chi connectivity index (χ1v) is 4.15. The van der Waals surface area contributed by atoms with Gasteiger partial charge in [0.25, 0.3) is 0 Å². The number of hydrogen-bond acceptors (Lipinski definition) is 4. The predicted octanol–water partition coefficient (Wildman–Crippen LogP) is 0.747. The molecule has 1 N–H and O–H groups in total. The number of H-pyrrole nitrogens is 1. The van der Waals surface area contributed by atoms with Gasteiger partial charge in [-0.3, -0.25) is 0 Å². The van der Waals surface area contributed by atoms with E-state index in [4.69, 9.17) is 9.78 Å². The van der Waals surface area contributed by atoms with Crippen molar-refractivity contribution in [3.63, 3.8) is 0 Å². The van der Waals surface area contributed by atoms with E-state index in [1.807, 2.05) is 12.1 Å². The number of fused-ring (bicyclic) bond motifs is 3. The molecule has 3 rings (SSSR count). The quantitative estimate of drug-likeness (QED) is 0.622. The van der Waals surface area contributed by atoms with E-state index in [-0.39, 0.29) is 5.69 Å². The Hall–Kier alpha value is -1.88. The molecule has 0 unspecified atom stereocenters. The third-order valence-corrected chi connectivity index (χ3v) is 2.18. The molecule has 0 radical (unpaired) electrons. The second kappa shape index (κ2) is 2.55. The lowest BCUT2D eigenvalue weighted by atomic mass is 10.1. The molecule has 2 aromatic rings. The topological polar surface area (TPSA) is 64.2 Å². The van der Waals surface area contributed by atoms with Gasteiger partial charge in [-0.2, -0.15) is 4.89 Å². The van der Waals surface area contributed by atoms with Crippen molar-refractivity contribution < 1.29 is 9.78 Å². The van der Waals surface area contributed by atoms with E-state index in [9.17, 15) is 4.79 Å². The molecule has 2 heterocycles. The van der Waals surface area contributed by atoms with Gasteiger partial charge in [0.2, 0.25) is 0 Å². The number of hydrogen-bond donors (Lipinski definition) is 1. The Morgan fingerprint density at radius 1 is 1.43 bits per heavy atom. The SMILES string of the molecule is O=c1ncc2ccc3c(c2[nH]1)OOC3. The van der Waals surface area contributed by atoms with Gasteiger partial charge in [0.05, 0.1) is 5.52 Å². The molecule has 14 heavy (non-hydrogen) atoms. The average Bonchev–Trinajstić information content (AvgIpc) is 2.65. The van der Waals surface area contributed by atoms with Crippen LogP contribution in [0.3, 0.4) is 0 Å². The van der Waals surface area contributed by atoms with E-state index >= 15 is 0 Å². The molecule has 0 bridgehead atoms. The van der Waals surface area contributed by atoms with Crippen LogP contribution in [-0.2, 0) is 11.5 Å². The summed E-state index contributed by atoms with van der Waals surface area (Å²) in [5, 5.41) is 0.828. The van der Waals surface area contributed by atoms with Crippen LogP contribution in [0.25, 0.3) is 10.9 Å². The third kappa shape index (κ3) is 0.928. The fourth-order valence-corrected chi connectivity index (χ4v) is 1.51. The summed E-state index contributed by atoms with van der Waals surface area (Å²) < 4.78 is 0. The van der Waals surface area contributed by atoms with Gasteiger partial charge >= 0.3 is 5.69 Å². The molecule has 5 nitrogen and oxygen atoms in total. The molecule has 5 heteroatoms. The molecular weight excluding hydrogens is 184 g/mol. The number of benzene rings is 1. The molecule has 0 atom stereocenters. The molecule has 1 aliphatic rings. The molecule has 0 aliphatic carbocycles. The van der Waals surface area contributed by atoms with Crippen LogP contribution in [0.5, 0.6) is 5.75 Å². The summed E-state index contributed by atoms with van der Waals surface area (Å²) in [4.78, 5) is 27.1. The fraction of sp³-hybridized carbons (Fsp3) is 0.111. The Morgan fingerprint density at radius 2 is 2.36 bits per heavy atom. The molecule has 1 aromatic carbocycles. The summed E-state index contributed by atoms with van der Waals surface area (Å²) in [6.45, 7) is 0.412. The highest BCUT2D eigenvalue weighted by Crippen LogP contribution is 2.31. The number of aromatic amines is 1. The van der Waals surface area contributed by atoms with Crippen LogP contribution in [0.1, 0.15) is 5.56 Å². The predicted molar refractivity (Wildman–Crippen MR) is 47.8 cm³/mol. The van der Waals surface area contributed by atoms with Crippen LogP contribution in [-0.4, -0.2) is 9.97 Å². The number of rotatable bonds is 0. The molecule has 0 spiro atoms. The van der Waals surface area contributed by atoms with Gasteiger partial charge in [-0.05, 0) is 0 Å². The minimum atomic E-state index is -0.388. The normalized spacial score (nSPS) is 14.0. The van der Waals surface area contributed by atoms with Crippen molar-refractivity contribution in [2.45, 2.75) is 6.61 Å². The highest BCUT2D eigenvalue weighted by molar-refractivity contribution is 5.85. The Bertz CT molecular complexity index is 561. The van der Waals surface area contributed by atoms with E-state index in [0.29, 0.717) is 17.9 Å². The van der Waals surface area contributed by atoms with Crippen LogP contribution in [0.15, 0.2) is 23.1 Å². The standard InChI is InChI=1S/C9H6N2O3/c12-9-10-3-5-1-2-6-4-13-14-8(6)7(5)11-9/h1-3H,4H2,(H,10,11,12). The van der Waals surface area contributed by atoms with Gasteiger partial charge in [0, 0.05) is 17.1 Å². The van der Waals surface area contributed by atoms with Crippen molar-refractivity contribution in [2.24, 2.45) is 0 Å². The Balaban J connectivity index is 2.47. The van der Waals surface area contributed by atoms with Crippen molar-refractivity contribution >= 4 is 10.9 Å². The van der Waals surface area contributed by atoms with Crippen molar-refractivity contribution in [3.05, 3.63) is 34.4 Å². The molecule has 0 saturated carbocycles. The summed E-state index contributed by atoms with van der Waals surface area (Å²) >= 11 is 0. The van der Waals surface area contributed by atoms with Gasteiger partial charge in [-0.25, -0.2) is 9.78 Å². The summed E-state index contributed by atoms with van der Waals surface area (Å²) in [5.74, 6) is 0.585. The fourth-order valence-electron chi connectivity index (χ4n) is 1.51. The molecule has 1 aromatic heterocycles. The van der Waals surface area contributed by atoms with Crippen molar-refractivity contribution in [1.29, 1.82) is 0 Å². The molecular formula is C9H6N2O3. The van der Waals surface area contributed by atoms with E-state index in [0.717, 1.165) is 10.9 Å². The van der Waals surface area contributed by atoms with Gasteiger partial charge in [0.15, 0.2) is 5.75 Å². The second-order valence-electron chi connectivity index (χ2n) is 3.05. The maximum Gasteiger partial charge on any atom is 0.345 e. The van der Waals surface area contributed by atoms with Gasteiger partial charge < -0.3 is 9.87 Å². The van der Waals surface area contributed by atoms with Crippen LogP contribution in [0.4, 0.5) is 0 Å². The molecule has 70 valence electrons. The molecule has 0 amide bonds. The van der Waals surface area contributed by atoms with Gasteiger partial charge in [-0.15, -0.1) is 0 Å². The van der Waals surface area contributed by atoms with Crippen LogP contribution >= 0.6 is 0 Å². The van der Waals surface area contributed by atoms with Crippen LogP contribution < -0.4 is 10.6 Å². The number of nitrogens with one attached hydrogen (secondary N) is 1. The van der Waals surface area contributed by atoms with Crippen LogP contribution in [0.2, 0.25) is 0 Å². The minimum absolute atomic E-state index is 0.388. The summed E-state index contributed by atoms with van der Waals surface area (Å²) in [7, 11) is 0. The Morgan fingerprint density at radius 3 is 3.29 bits per heavy atom. The maximum absolute atomic E-state index is 11.0. The van der Waals surface area contributed by atoms with E-state index in [1.165, 1.54) is 6.20 Å². The second-order valence-corrected chi connectivity index (χ2v) is 3.05. The van der Waals surface area contributed by atoms with E-state index in [1.54, 1.807) is 0 Å². The highest BCUT2D eigenvalue weighted by atomic mass is 17.2. The number of aromatic nitrogens is 2. The van der Waals surface area contributed by atoms with Crippen molar-refractivity contribution in [1.82, 2.24) is 9.97 Å². The van der Waals surface area contributed by atoms with Crippen molar-refractivity contribution in [3.8, 4) is 5.75 Å². The van der Waals surface area contributed by atoms with E-state index < -0.39 is 0 Å². The lowest BCUT2D eigenvalue weighted by Gasteiger charge is -2.00. The van der Waals surface area contributed by atoms with Gasteiger partial charge in [-0.1, -0.05) is 12.1 Å². The monoisotopic (exact) mass is 190 g/mol. The largest absolute Gasteiger partial charge is 0.345 e. The van der Waals surface area contributed by atoms with Gasteiger partial charge in [0.1, 0.15) is 6.61 Å². The number of nitrogens with zero attached hydrogens (tertiary/aromatic N) is 1. The Labute approximate surface area is 78.2 Å². The minimum Gasteiger partial charge on any atom is -0.335 e.